The number of amides is 1. The van der Waals surface area contributed by atoms with Crippen LogP contribution in [-0.4, -0.2) is 35.1 Å². The van der Waals surface area contributed by atoms with E-state index in [1.165, 1.54) is 50.6 Å². The smallest absolute Gasteiger partial charge is 0.416 e. The minimum Gasteiger partial charge on any atom is -0.503 e. The molecular weight excluding hydrogens is 481 g/mol. The molecule has 8 nitrogen and oxygen atoms in total. The Balaban J connectivity index is 1.59. The molecule has 0 fully saturated rings. The Labute approximate surface area is 204 Å². The highest BCUT2D eigenvalue weighted by Gasteiger charge is 2.30. The number of esters is 1. The molecule has 0 aliphatic carbocycles. The van der Waals surface area contributed by atoms with Gasteiger partial charge in [0.1, 0.15) is 23.6 Å². The van der Waals surface area contributed by atoms with Crippen molar-refractivity contribution < 1.29 is 42.1 Å². The van der Waals surface area contributed by atoms with Crippen molar-refractivity contribution in [3.8, 4) is 23.0 Å². The number of methoxy groups -OCH3 is 1. The van der Waals surface area contributed by atoms with Crippen LogP contribution in [0.5, 0.6) is 23.0 Å². The number of hydrogen-bond donors (Lipinski definition) is 2. The number of alkyl halides is 3. The number of carbonyl (C=O) groups is 2. The van der Waals surface area contributed by atoms with Gasteiger partial charge in [0.15, 0.2) is 17.2 Å². The van der Waals surface area contributed by atoms with E-state index in [1.54, 1.807) is 19.1 Å². The highest BCUT2D eigenvalue weighted by Crippen LogP contribution is 2.33. The Kier molecular flexibility index (Phi) is 8.03. The number of ether oxygens (including phenoxy) is 3. The molecule has 3 aromatic rings. The van der Waals surface area contributed by atoms with E-state index in [0.717, 1.165) is 12.1 Å². The first-order chi connectivity index (χ1) is 17.0. The zero-order valence-electron chi connectivity index (χ0n) is 19.5. The number of nitrogens with zero attached hydrogens (tertiary/aromatic N) is 1. The van der Waals surface area contributed by atoms with Crippen LogP contribution in [0.15, 0.2) is 60.8 Å². The lowest BCUT2D eigenvalue weighted by Gasteiger charge is -2.18. The third-order valence-electron chi connectivity index (χ3n) is 5.06. The number of aromatic hydroxyl groups is 1. The molecule has 0 saturated carbocycles. The van der Waals surface area contributed by atoms with Crippen LogP contribution in [0.1, 0.15) is 41.6 Å². The molecule has 0 radical (unpaired) electrons. The predicted molar refractivity (Wildman–Crippen MR) is 122 cm³/mol. The lowest BCUT2D eigenvalue weighted by Crippen LogP contribution is -2.40. The van der Waals surface area contributed by atoms with Gasteiger partial charge in [0.05, 0.1) is 12.7 Å². The van der Waals surface area contributed by atoms with Crippen molar-refractivity contribution in [2.75, 3.05) is 7.11 Å². The maximum absolute atomic E-state index is 12.9. The van der Waals surface area contributed by atoms with E-state index >= 15 is 0 Å². The molecule has 0 aliphatic heterocycles. The summed E-state index contributed by atoms with van der Waals surface area (Å²) in [5.74, 6) is -1.61. The molecule has 0 aliphatic rings. The van der Waals surface area contributed by atoms with Crippen molar-refractivity contribution in [3.05, 3.63) is 77.6 Å². The Morgan fingerprint density at radius 2 is 1.72 bits per heavy atom. The maximum Gasteiger partial charge on any atom is 0.416 e. The van der Waals surface area contributed by atoms with E-state index in [2.05, 4.69) is 10.3 Å². The number of aromatic nitrogens is 1. The minimum absolute atomic E-state index is 0.0261. The summed E-state index contributed by atoms with van der Waals surface area (Å²) in [6.45, 7) is 3.03. The second-order valence-corrected chi connectivity index (χ2v) is 7.68. The average Bonchev–Trinajstić information content (AvgIpc) is 2.84. The first kappa shape index (κ1) is 26.3. The zero-order valence-corrected chi connectivity index (χ0v) is 19.5. The van der Waals surface area contributed by atoms with Crippen LogP contribution in [0, 0.1) is 0 Å². The zero-order chi connectivity index (χ0) is 26.5. The fraction of sp³-hybridized carbons (Fsp3) is 0.240. The summed E-state index contributed by atoms with van der Waals surface area (Å²) in [5, 5.41) is 12.4. The average molecular weight is 504 g/mol. The molecule has 2 atom stereocenters. The summed E-state index contributed by atoms with van der Waals surface area (Å²) in [6, 6.07) is 11.1. The van der Waals surface area contributed by atoms with Gasteiger partial charge in [0.2, 0.25) is 0 Å². The fourth-order valence-electron chi connectivity index (χ4n) is 3.11. The van der Waals surface area contributed by atoms with E-state index < -0.39 is 41.5 Å². The number of pyridine rings is 1. The molecule has 0 unspecified atom stereocenters. The highest BCUT2D eigenvalue weighted by molar-refractivity contribution is 5.97. The van der Waals surface area contributed by atoms with Crippen LogP contribution in [0.3, 0.4) is 0 Å². The van der Waals surface area contributed by atoms with E-state index in [0.29, 0.717) is 11.3 Å². The molecule has 3 rings (SSSR count). The molecule has 36 heavy (non-hydrogen) atoms. The first-order valence-electron chi connectivity index (χ1n) is 10.7. The summed E-state index contributed by atoms with van der Waals surface area (Å²) < 4.78 is 54.4. The summed E-state index contributed by atoms with van der Waals surface area (Å²) in [7, 11) is 1.32. The van der Waals surface area contributed by atoms with Gasteiger partial charge in [-0.15, -0.1) is 0 Å². The second-order valence-electron chi connectivity index (χ2n) is 7.68. The van der Waals surface area contributed by atoms with Crippen LogP contribution in [-0.2, 0) is 15.7 Å². The molecule has 1 amide bonds. The highest BCUT2D eigenvalue weighted by atomic mass is 19.4. The molecular formula is C25H23F3N2O6. The number of hydrogen-bond acceptors (Lipinski definition) is 7. The van der Waals surface area contributed by atoms with Crippen LogP contribution in [0.4, 0.5) is 13.2 Å². The van der Waals surface area contributed by atoms with Crippen molar-refractivity contribution in [3.63, 3.8) is 0 Å². The van der Waals surface area contributed by atoms with Crippen LogP contribution < -0.4 is 14.8 Å². The third-order valence-corrected chi connectivity index (χ3v) is 5.06. The molecule has 11 heteroatoms. The molecule has 2 aromatic carbocycles. The Hall–Kier alpha value is -4.28. The summed E-state index contributed by atoms with van der Waals surface area (Å²) in [5.41, 5.74) is -0.542. The van der Waals surface area contributed by atoms with Gasteiger partial charge in [0, 0.05) is 12.3 Å². The van der Waals surface area contributed by atoms with Gasteiger partial charge >= 0.3 is 12.1 Å². The fourth-order valence-corrected chi connectivity index (χ4v) is 3.11. The molecule has 0 saturated heterocycles. The van der Waals surface area contributed by atoms with Gasteiger partial charge in [0.25, 0.3) is 5.91 Å². The van der Waals surface area contributed by atoms with Crippen LogP contribution in [0.25, 0.3) is 0 Å². The largest absolute Gasteiger partial charge is 0.503 e. The number of nitrogens with one attached hydrogen (secondary N) is 1. The van der Waals surface area contributed by atoms with Crippen molar-refractivity contribution in [1.82, 2.24) is 10.3 Å². The van der Waals surface area contributed by atoms with Gasteiger partial charge < -0.3 is 24.6 Å². The van der Waals surface area contributed by atoms with Gasteiger partial charge in [-0.2, -0.15) is 13.2 Å². The normalized spacial score (nSPS) is 12.8. The van der Waals surface area contributed by atoms with Gasteiger partial charge in [-0.25, -0.2) is 9.78 Å². The standard InChI is InChI=1S/C25H23F3N2O6/c1-14(30-23(32)21-22(31)20(34-3)11-12-29-21)24(33)35-15(2)16-7-9-18(10-8-16)36-19-6-4-5-17(13-19)25(26,27)28/h4-15,31H,1-3H3,(H,30,32)/t14-,15-/m0/s1. The third kappa shape index (κ3) is 6.44. The van der Waals surface area contributed by atoms with E-state index in [-0.39, 0.29) is 17.2 Å². The van der Waals surface area contributed by atoms with Gasteiger partial charge in [-0.3, -0.25) is 4.79 Å². The summed E-state index contributed by atoms with van der Waals surface area (Å²) in [4.78, 5) is 28.7. The molecule has 2 N–H and O–H groups in total. The molecule has 0 spiro atoms. The van der Waals surface area contributed by atoms with E-state index in [4.69, 9.17) is 14.2 Å². The molecule has 0 bridgehead atoms. The Morgan fingerprint density at radius 1 is 1.03 bits per heavy atom. The summed E-state index contributed by atoms with van der Waals surface area (Å²) in [6.07, 6.45) is -3.91. The Morgan fingerprint density at radius 3 is 2.36 bits per heavy atom. The minimum atomic E-state index is -4.48. The SMILES string of the molecule is COc1ccnc(C(=O)N[C@@H](C)C(=O)O[C@@H](C)c2ccc(Oc3cccc(C(F)(F)F)c3)cc2)c1O. The molecule has 1 aromatic heterocycles. The number of rotatable bonds is 8. The van der Waals surface area contributed by atoms with E-state index in [9.17, 15) is 27.9 Å². The van der Waals surface area contributed by atoms with Crippen molar-refractivity contribution in [1.29, 1.82) is 0 Å². The topological polar surface area (TPSA) is 107 Å². The number of carbonyl (C=O) groups excluding carboxylic acids is 2. The van der Waals surface area contributed by atoms with E-state index in [1.807, 2.05) is 0 Å². The monoisotopic (exact) mass is 504 g/mol. The molecule has 1 heterocycles. The van der Waals surface area contributed by atoms with Gasteiger partial charge in [-0.05, 0) is 49.7 Å². The van der Waals surface area contributed by atoms with Crippen LogP contribution >= 0.6 is 0 Å². The quantitative estimate of drug-likeness (QED) is 0.415. The predicted octanol–water partition coefficient (Wildman–Crippen LogP) is 5.03. The van der Waals surface area contributed by atoms with Crippen molar-refractivity contribution >= 4 is 11.9 Å². The second kappa shape index (κ2) is 11.0. The van der Waals surface area contributed by atoms with Gasteiger partial charge in [-0.1, -0.05) is 18.2 Å². The summed E-state index contributed by atoms with van der Waals surface area (Å²) >= 11 is 0. The number of benzene rings is 2. The lowest BCUT2D eigenvalue weighted by molar-refractivity contribution is -0.150. The van der Waals surface area contributed by atoms with Crippen molar-refractivity contribution in [2.24, 2.45) is 0 Å². The Bertz CT molecular complexity index is 1230. The van der Waals surface area contributed by atoms with Crippen molar-refractivity contribution in [2.45, 2.75) is 32.2 Å². The molecule has 190 valence electrons. The maximum atomic E-state index is 12.9. The first-order valence-corrected chi connectivity index (χ1v) is 10.7. The van der Waals surface area contributed by atoms with Crippen LogP contribution in [0.2, 0.25) is 0 Å². The lowest BCUT2D eigenvalue weighted by atomic mass is 10.1. The number of halogens is 3.